The SMILES string of the molecule is CCN(C(=O)CS(=O)(=O)Cc1cccc(Br)c1)c1cc(C)ccc1C. The van der Waals surface area contributed by atoms with Crippen molar-refractivity contribution in [1.29, 1.82) is 0 Å². The molecule has 0 aliphatic carbocycles. The zero-order valence-electron chi connectivity index (χ0n) is 14.6. The van der Waals surface area contributed by atoms with Crippen LogP contribution in [0.25, 0.3) is 0 Å². The number of anilines is 1. The van der Waals surface area contributed by atoms with Crippen LogP contribution in [0.4, 0.5) is 5.69 Å². The van der Waals surface area contributed by atoms with E-state index < -0.39 is 21.5 Å². The van der Waals surface area contributed by atoms with E-state index in [1.807, 2.05) is 45.0 Å². The monoisotopic (exact) mass is 423 g/mol. The minimum absolute atomic E-state index is 0.150. The number of benzene rings is 2. The molecule has 0 aliphatic rings. The molecule has 0 aromatic heterocycles. The Balaban J connectivity index is 2.19. The number of sulfone groups is 1. The van der Waals surface area contributed by atoms with E-state index >= 15 is 0 Å². The van der Waals surface area contributed by atoms with Crippen molar-refractivity contribution in [2.24, 2.45) is 0 Å². The van der Waals surface area contributed by atoms with E-state index in [1.165, 1.54) is 0 Å². The number of aryl methyl sites for hydroxylation is 2. The van der Waals surface area contributed by atoms with Crippen molar-refractivity contribution in [3.63, 3.8) is 0 Å². The Morgan fingerprint density at radius 1 is 1.12 bits per heavy atom. The van der Waals surface area contributed by atoms with Gasteiger partial charge in [-0.1, -0.05) is 40.2 Å². The molecule has 2 aromatic carbocycles. The van der Waals surface area contributed by atoms with Crippen LogP contribution in [0, 0.1) is 13.8 Å². The summed E-state index contributed by atoms with van der Waals surface area (Å²) in [7, 11) is -3.55. The highest BCUT2D eigenvalue weighted by Gasteiger charge is 2.23. The standard InChI is InChI=1S/C19H22BrNO3S/c1-4-21(18-10-14(2)8-9-15(18)3)19(22)13-25(23,24)12-16-6-5-7-17(20)11-16/h5-11H,4,12-13H2,1-3H3. The van der Waals surface area contributed by atoms with Gasteiger partial charge in [0.1, 0.15) is 5.75 Å². The second-order valence-corrected chi connectivity index (χ2v) is 9.07. The Bertz CT molecular complexity index is 878. The summed E-state index contributed by atoms with van der Waals surface area (Å²) < 4.78 is 25.7. The van der Waals surface area contributed by atoms with Gasteiger partial charge in [-0.25, -0.2) is 8.42 Å². The van der Waals surface area contributed by atoms with E-state index in [2.05, 4.69) is 15.9 Å². The van der Waals surface area contributed by atoms with Crippen molar-refractivity contribution in [1.82, 2.24) is 0 Å². The Morgan fingerprint density at radius 3 is 2.48 bits per heavy atom. The van der Waals surface area contributed by atoms with Crippen molar-refractivity contribution >= 4 is 37.4 Å². The normalized spacial score (nSPS) is 11.4. The van der Waals surface area contributed by atoms with Gasteiger partial charge in [-0.3, -0.25) is 4.79 Å². The molecule has 0 radical (unpaired) electrons. The van der Waals surface area contributed by atoms with E-state index in [9.17, 15) is 13.2 Å². The van der Waals surface area contributed by atoms with Gasteiger partial charge in [0, 0.05) is 16.7 Å². The molecular formula is C19H22BrNO3S. The van der Waals surface area contributed by atoms with Crippen molar-refractivity contribution in [3.05, 3.63) is 63.6 Å². The molecule has 0 heterocycles. The van der Waals surface area contributed by atoms with Crippen molar-refractivity contribution < 1.29 is 13.2 Å². The van der Waals surface area contributed by atoms with Gasteiger partial charge >= 0.3 is 0 Å². The minimum Gasteiger partial charge on any atom is -0.312 e. The molecule has 0 saturated carbocycles. The fourth-order valence-electron chi connectivity index (χ4n) is 2.69. The van der Waals surface area contributed by atoms with Gasteiger partial charge in [0.25, 0.3) is 0 Å². The molecule has 25 heavy (non-hydrogen) atoms. The third-order valence-electron chi connectivity index (χ3n) is 3.89. The molecular weight excluding hydrogens is 402 g/mol. The van der Waals surface area contributed by atoms with Crippen molar-refractivity contribution in [2.75, 3.05) is 17.2 Å². The molecule has 6 heteroatoms. The summed E-state index contributed by atoms with van der Waals surface area (Å²) in [5, 5.41) is 0. The van der Waals surface area contributed by atoms with Crippen LogP contribution in [0.3, 0.4) is 0 Å². The predicted octanol–water partition coefficient (Wildman–Crippen LogP) is 4.03. The average molecular weight is 424 g/mol. The van der Waals surface area contributed by atoms with Crippen molar-refractivity contribution in [3.8, 4) is 0 Å². The molecule has 0 atom stereocenters. The zero-order valence-corrected chi connectivity index (χ0v) is 17.0. The first-order valence-electron chi connectivity index (χ1n) is 8.04. The summed E-state index contributed by atoms with van der Waals surface area (Å²) in [5.74, 6) is -1.05. The molecule has 0 unspecified atom stereocenters. The Morgan fingerprint density at radius 2 is 1.84 bits per heavy atom. The minimum atomic E-state index is -3.55. The first-order chi connectivity index (χ1) is 11.7. The van der Waals surface area contributed by atoms with Gasteiger partial charge in [0.2, 0.25) is 5.91 Å². The molecule has 0 fully saturated rings. The van der Waals surface area contributed by atoms with E-state index in [-0.39, 0.29) is 5.75 Å². The lowest BCUT2D eigenvalue weighted by molar-refractivity contribution is -0.116. The van der Waals surface area contributed by atoms with Gasteiger partial charge in [0.05, 0.1) is 5.75 Å². The second kappa shape index (κ2) is 8.15. The van der Waals surface area contributed by atoms with E-state index in [1.54, 1.807) is 23.1 Å². The van der Waals surface area contributed by atoms with Gasteiger partial charge in [0.15, 0.2) is 9.84 Å². The lowest BCUT2D eigenvalue weighted by atomic mass is 10.1. The topological polar surface area (TPSA) is 54.5 Å². The molecule has 2 aromatic rings. The van der Waals surface area contributed by atoms with Crippen LogP contribution in [0.1, 0.15) is 23.6 Å². The summed E-state index contributed by atoms with van der Waals surface area (Å²) >= 11 is 3.33. The highest BCUT2D eigenvalue weighted by atomic mass is 79.9. The molecule has 4 nitrogen and oxygen atoms in total. The van der Waals surface area contributed by atoms with Crippen molar-refractivity contribution in [2.45, 2.75) is 26.5 Å². The van der Waals surface area contributed by atoms with E-state index in [0.29, 0.717) is 12.1 Å². The maximum Gasteiger partial charge on any atom is 0.242 e. The molecule has 0 bridgehead atoms. The van der Waals surface area contributed by atoms with Crippen LogP contribution in [0.15, 0.2) is 46.9 Å². The summed E-state index contributed by atoms with van der Waals surface area (Å²) in [5.41, 5.74) is 3.41. The number of carbonyl (C=O) groups is 1. The lowest BCUT2D eigenvalue weighted by Gasteiger charge is -2.23. The molecule has 0 saturated heterocycles. The quantitative estimate of drug-likeness (QED) is 0.704. The molecule has 1 amide bonds. The first-order valence-corrected chi connectivity index (χ1v) is 10.7. The largest absolute Gasteiger partial charge is 0.312 e. The van der Waals surface area contributed by atoms with Crippen LogP contribution < -0.4 is 4.90 Å². The third kappa shape index (κ3) is 5.41. The summed E-state index contributed by atoms with van der Waals surface area (Å²) in [6.07, 6.45) is 0. The lowest BCUT2D eigenvalue weighted by Crippen LogP contribution is -2.36. The Kier molecular flexibility index (Phi) is 6.41. The molecule has 0 N–H and O–H groups in total. The first kappa shape index (κ1) is 19.7. The zero-order chi connectivity index (χ0) is 18.6. The predicted molar refractivity (Wildman–Crippen MR) is 106 cm³/mol. The van der Waals surface area contributed by atoms with Crippen LogP contribution in [-0.2, 0) is 20.4 Å². The highest BCUT2D eigenvalue weighted by molar-refractivity contribution is 9.10. The van der Waals surface area contributed by atoms with Crippen LogP contribution >= 0.6 is 15.9 Å². The second-order valence-electron chi connectivity index (χ2n) is 6.09. The fourth-order valence-corrected chi connectivity index (χ4v) is 4.46. The number of carbonyl (C=O) groups excluding carboxylic acids is 1. The molecule has 0 spiro atoms. The number of nitrogens with zero attached hydrogens (tertiary/aromatic N) is 1. The van der Waals surface area contributed by atoms with Gasteiger partial charge < -0.3 is 4.90 Å². The third-order valence-corrected chi connectivity index (χ3v) is 5.84. The molecule has 0 aliphatic heterocycles. The van der Waals surface area contributed by atoms with Crippen LogP contribution in [0.2, 0.25) is 0 Å². The van der Waals surface area contributed by atoms with Gasteiger partial charge in [-0.05, 0) is 55.7 Å². The molecule has 2 rings (SSSR count). The molecule has 134 valence electrons. The fraction of sp³-hybridized carbons (Fsp3) is 0.316. The van der Waals surface area contributed by atoms with Crippen LogP contribution in [-0.4, -0.2) is 26.6 Å². The maximum atomic E-state index is 12.6. The summed E-state index contributed by atoms with van der Waals surface area (Å²) in [6, 6.07) is 12.9. The number of hydrogen-bond acceptors (Lipinski definition) is 3. The Labute approximate surface area is 157 Å². The highest BCUT2D eigenvalue weighted by Crippen LogP contribution is 2.22. The van der Waals surface area contributed by atoms with Gasteiger partial charge in [-0.2, -0.15) is 0 Å². The van der Waals surface area contributed by atoms with Crippen LogP contribution in [0.5, 0.6) is 0 Å². The smallest absolute Gasteiger partial charge is 0.242 e. The number of rotatable bonds is 6. The summed E-state index contributed by atoms with van der Waals surface area (Å²) in [4.78, 5) is 14.2. The number of amides is 1. The maximum absolute atomic E-state index is 12.6. The number of halogens is 1. The average Bonchev–Trinajstić information content (AvgIpc) is 2.50. The Hall–Kier alpha value is -1.66. The van der Waals surface area contributed by atoms with Gasteiger partial charge in [-0.15, -0.1) is 0 Å². The number of hydrogen-bond donors (Lipinski definition) is 0. The van der Waals surface area contributed by atoms with E-state index in [0.717, 1.165) is 21.3 Å². The summed E-state index contributed by atoms with van der Waals surface area (Å²) in [6.45, 7) is 6.14. The van der Waals surface area contributed by atoms with E-state index in [4.69, 9.17) is 0 Å².